The first-order valence-corrected chi connectivity index (χ1v) is 10.1. The van der Waals surface area contributed by atoms with Crippen LogP contribution in [0, 0.1) is 5.92 Å². The minimum absolute atomic E-state index is 0.0163. The summed E-state index contributed by atoms with van der Waals surface area (Å²) in [4.78, 5) is 14.1. The van der Waals surface area contributed by atoms with Crippen LogP contribution in [0.25, 0.3) is 10.4 Å². The van der Waals surface area contributed by atoms with Crippen molar-refractivity contribution in [3.8, 4) is 0 Å². The predicted octanol–water partition coefficient (Wildman–Crippen LogP) is 3.26. The highest BCUT2D eigenvalue weighted by Crippen LogP contribution is 2.36. The minimum atomic E-state index is -3.61. The summed E-state index contributed by atoms with van der Waals surface area (Å²) in [6.07, 6.45) is 5.96. The van der Waals surface area contributed by atoms with Crippen LogP contribution in [0.2, 0.25) is 0 Å². The van der Waals surface area contributed by atoms with E-state index in [0.717, 1.165) is 38.4 Å². The molecule has 7 nitrogen and oxygen atoms in total. The number of carbonyl (C=O) groups is 1. The molecule has 0 aliphatic heterocycles. The van der Waals surface area contributed by atoms with Crippen molar-refractivity contribution in [2.45, 2.75) is 56.8 Å². The maximum absolute atomic E-state index is 11.4. The van der Waals surface area contributed by atoms with Gasteiger partial charge in [0.05, 0.1) is 18.9 Å². The van der Waals surface area contributed by atoms with Crippen molar-refractivity contribution in [1.29, 1.82) is 0 Å². The third kappa shape index (κ3) is 8.03. The van der Waals surface area contributed by atoms with Crippen LogP contribution in [0.5, 0.6) is 0 Å². The zero-order valence-corrected chi connectivity index (χ0v) is 14.6. The first-order chi connectivity index (χ1) is 10.3. The molecule has 0 unspecified atom stereocenters. The topological polar surface area (TPSA) is 109 Å². The number of hydrogen-bond donors (Lipinski definition) is 0. The lowest BCUT2D eigenvalue weighted by Crippen LogP contribution is -2.28. The lowest BCUT2D eigenvalue weighted by molar-refractivity contribution is -0.109. The van der Waals surface area contributed by atoms with Crippen LogP contribution in [0.4, 0.5) is 0 Å². The summed E-state index contributed by atoms with van der Waals surface area (Å²) in [5.74, 6) is 0.192. The molecule has 0 bridgehead atoms. The Bertz CT molecular complexity index is 517. The van der Waals surface area contributed by atoms with Gasteiger partial charge in [-0.2, -0.15) is 8.42 Å². The van der Waals surface area contributed by atoms with Gasteiger partial charge in [0, 0.05) is 17.1 Å². The molecule has 0 aromatic heterocycles. The molecule has 1 fully saturated rings. The van der Waals surface area contributed by atoms with Gasteiger partial charge in [-0.1, -0.05) is 36.1 Å². The molecule has 0 radical (unpaired) electrons. The van der Waals surface area contributed by atoms with Crippen LogP contribution in [-0.2, 0) is 19.1 Å². The zero-order valence-electron chi connectivity index (χ0n) is 13.0. The van der Waals surface area contributed by atoms with E-state index in [2.05, 4.69) is 10.0 Å². The van der Waals surface area contributed by atoms with Crippen LogP contribution in [0.15, 0.2) is 5.11 Å². The van der Waals surface area contributed by atoms with E-state index in [9.17, 15) is 13.2 Å². The molecule has 0 aromatic carbocycles. The smallest absolute Gasteiger partial charge is 0.264 e. The van der Waals surface area contributed by atoms with Crippen molar-refractivity contribution in [2.75, 3.05) is 12.8 Å². The number of carbonyl (C=O) groups excluding carboxylic acids is 1. The van der Waals surface area contributed by atoms with Gasteiger partial charge in [0.25, 0.3) is 10.1 Å². The maximum Gasteiger partial charge on any atom is 0.264 e. The molecule has 0 spiro atoms. The Hall–Kier alpha value is -0.760. The first kappa shape index (κ1) is 19.3. The van der Waals surface area contributed by atoms with Crippen LogP contribution in [-0.4, -0.2) is 37.7 Å². The largest absolute Gasteiger partial charge is 0.288 e. The van der Waals surface area contributed by atoms with Crippen molar-refractivity contribution < 1.29 is 17.4 Å². The van der Waals surface area contributed by atoms with Gasteiger partial charge >= 0.3 is 0 Å². The van der Waals surface area contributed by atoms with E-state index in [1.165, 1.54) is 11.8 Å². The molecule has 1 saturated carbocycles. The Morgan fingerprint density at radius 1 is 1.41 bits per heavy atom. The van der Waals surface area contributed by atoms with Crippen molar-refractivity contribution in [2.24, 2.45) is 11.0 Å². The highest BCUT2D eigenvalue weighted by molar-refractivity contribution is 8.14. The van der Waals surface area contributed by atoms with E-state index < -0.39 is 16.2 Å². The molecule has 9 heteroatoms. The maximum atomic E-state index is 11.4. The summed E-state index contributed by atoms with van der Waals surface area (Å²) in [7, 11) is -3.61. The summed E-state index contributed by atoms with van der Waals surface area (Å²) in [6, 6.07) is 0. The average molecular weight is 349 g/mol. The van der Waals surface area contributed by atoms with Crippen molar-refractivity contribution >= 4 is 27.0 Å². The molecule has 0 heterocycles. The lowest BCUT2D eigenvalue weighted by Gasteiger charge is -2.27. The van der Waals surface area contributed by atoms with Gasteiger partial charge in [-0.3, -0.25) is 8.98 Å². The average Bonchev–Trinajstić information content (AvgIpc) is 2.59. The molecule has 0 aromatic rings. The highest BCUT2D eigenvalue weighted by atomic mass is 32.2. The molecule has 22 heavy (non-hydrogen) atoms. The Balaban J connectivity index is 2.80. The standard InChI is InChI=1S/C13H23N3O4S2/c1-10(17)21-13-7-5-3-4-6-11(13)8-12(9-15-16-14)20-22(2,18)19/h11-13H,3-9H2,1-2H3/t11-,12-,13+/m0/s1. The second kappa shape index (κ2) is 9.39. The number of hydrogen-bond acceptors (Lipinski definition) is 6. The van der Waals surface area contributed by atoms with Crippen LogP contribution in [0.1, 0.15) is 45.4 Å². The van der Waals surface area contributed by atoms with E-state index in [1.807, 2.05) is 0 Å². The van der Waals surface area contributed by atoms with E-state index in [1.54, 1.807) is 6.92 Å². The molecule has 1 aliphatic carbocycles. The van der Waals surface area contributed by atoms with Gasteiger partial charge in [0.2, 0.25) is 0 Å². The molecular formula is C13H23N3O4S2. The Kier molecular flexibility index (Phi) is 8.24. The number of thioether (sulfide) groups is 1. The van der Waals surface area contributed by atoms with Gasteiger partial charge in [0.1, 0.15) is 0 Å². The van der Waals surface area contributed by atoms with E-state index >= 15 is 0 Å². The van der Waals surface area contributed by atoms with Crippen LogP contribution >= 0.6 is 11.8 Å². The fourth-order valence-corrected chi connectivity index (χ4v) is 4.63. The normalized spacial score (nSPS) is 24.1. The van der Waals surface area contributed by atoms with Gasteiger partial charge < -0.3 is 0 Å². The summed E-state index contributed by atoms with van der Waals surface area (Å²) in [5.41, 5.74) is 8.44. The zero-order chi connectivity index (χ0) is 16.6. The second-order valence-electron chi connectivity index (χ2n) is 5.62. The summed E-state index contributed by atoms with van der Waals surface area (Å²) < 4.78 is 27.8. The number of rotatable bonds is 7. The van der Waals surface area contributed by atoms with E-state index in [0.29, 0.717) is 6.42 Å². The molecule has 0 N–H and O–H groups in total. The molecule has 1 rings (SSSR count). The molecule has 1 aliphatic rings. The summed E-state index contributed by atoms with van der Waals surface area (Å²) >= 11 is 1.33. The van der Waals surface area contributed by atoms with Crippen molar-refractivity contribution in [1.82, 2.24) is 0 Å². The first-order valence-electron chi connectivity index (χ1n) is 7.38. The fraction of sp³-hybridized carbons (Fsp3) is 0.923. The summed E-state index contributed by atoms with van der Waals surface area (Å²) in [5, 5.41) is 3.70. The van der Waals surface area contributed by atoms with Crippen molar-refractivity contribution in [3.63, 3.8) is 0 Å². The third-order valence-electron chi connectivity index (χ3n) is 3.63. The number of nitrogens with zero attached hydrogens (tertiary/aromatic N) is 3. The van der Waals surface area contributed by atoms with Gasteiger partial charge in [-0.15, -0.1) is 0 Å². The quantitative estimate of drug-likeness (QED) is 0.230. The van der Waals surface area contributed by atoms with E-state index in [4.69, 9.17) is 9.71 Å². The molecular weight excluding hydrogens is 326 g/mol. The third-order valence-corrected chi connectivity index (χ3v) is 5.51. The highest BCUT2D eigenvalue weighted by Gasteiger charge is 2.29. The van der Waals surface area contributed by atoms with Gasteiger partial charge in [0.15, 0.2) is 5.12 Å². The summed E-state index contributed by atoms with van der Waals surface area (Å²) in [6.45, 7) is 1.54. The second-order valence-corrected chi connectivity index (χ2v) is 8.63. The molecule has 3 atom stereocenters. The van der Waals surface area contributed by atoms with Gasteiger partial charge in [-0.05, 0) is 30.7 Å². The van der Waals surface area contributed by atoms with E-state index in [-0.39, 0.29) is 22.8 Å². The Labute approximate surface area is 135 Å². The monoisotopic (exact) mass is 349 g/mol. The lowest BCUT2D eigenvalue weighted by atomic mass is 9.93. The van der Waals surface area contributed by atoms with Crippen molar-refractivity contribution in [3.05, 3.63) is 10.4 Å². The fourth-order valence-electron chi connectivity index (χ4n) is 2.85. The van der Waals surface area contributed by atoms with Crippen LogP contribution in [0.3, 0.4) is 0 Å². The van der Waals surface area contributed by atoms with Crippen LogP contribution < -0.4 is 0 Å². The minimum Gasteiger partial charge on any atom is -0.288 e. The SMILES string of the molecule is CC(=O)S[C@@H]1CCCCC[C@H]1C[C@@H](CN=[N+]=[N-])OS(C)(=O)=O. The Morgan fingerprint density at radius 3 is 2.68 bits per heavy atom. The Morgan fingerprint density at radius 2 is 2.09 bits per heavy atom. The van der Waals surface area contributed by atoms with Gasteiger partial charge in [-0.25, -0.2) is 0 Å². The molecule has 0 amide bonds. The molecule has 0 saturated heterocycles. The number of azide groups is 1. The predicted molar refractivity (Wildman–Crippen MR) is 87.0 cm³/mol. The molecule has 126 valence electrons.